The molecule has 0 aliphatic rings. The van der Waals surface area contributed by atoms with Crippen LogP contribution in [0.15, 0.2) is 24.3 Å². The molecule has 9 nitrogen and oxygen atoms in total. The molecule has 0 radical (unpaired) electrons. The number of ketones is 1. The van der Waals surface area contributed by atoms with E-state index in [1.807, 2.05) is 0 Å². The van der Waals surface area contributed by atoms with Crippen LogP contribution in [0.2, 0.25) is 0 Å². The monoisotopic (exact) mass is 296 g/mol. The molecule has 0 saturated heterocycles. The Morgan fingerprint density at radius 1 is 0.773 bits per heavy atom. The smallest absolute Gasteiger partial charge is 0.200 e. The van der Waals surface area contributed by atoms with Gasteiger partial charge in [0.2, 0.25) is 5.78 Å². The van der Waals surface area contributed by atoms with E-state index in [1.165, 1.54) is 12.1 Å². The first-order valence-electron chi connectivity index (χ1n) is 6.26. The highest BCUT2D eigenvalue weighted by Crippen LogP contribution is 2.32. The van der Waals surface area contributed by atoms with Crippen molar-refractivity contribution in [2.24, 2.45) is 0 Å². The van der Waals surface area contributed by atoms with Gasteiger partial charge in [0.25, 0.3) is 0 Å². The van der Waals surface area contributed by atoms with E-state index in [-0.39, 0.29) is 33.7 Å². The molecule has 0 bridgehead atoms. The number of carbonyl (C=O) groups excluding carboxylic acids is 1. The van der Waals surface area contributed by atoms with E-state index in [4.69, 9.17) is 0 Å². The zero-order valence-electron chi connectivity index (χ0n) is 10.9. The number of H-pyrrole nitrogens is 2. The van der Waals surface area contributed by atoms with Crippen molar-refractivity contribution in [1.82, 2.24) is 30.8 Å². The van der Waals surface area contributed by atoms with E-state index in [2.05, 4.69) is 30.8 Å². The minimum atomic E-state index is -0.551. The summed E-state index contributed by atoms with van der Waals surface area (Å²) in [4.78, 5) is 12.6. The second kappa shape index (κ2) is 4.25. The van der Waals surface area contributed by atoms with Crippen molar-refractivity contribution in [1.29, 1.82) is 0 Å². The molecular formula is C13H8N6O3. The standard InChI is InChI=1S/C13H8N6O3/c20-11(5-1-3-7-9(12(5)21)16-18-14-7)6-2-4-8-10(13(6)22)17-19-15-8/h1-4,21-22H,(H,14,16,18)(H,15,17,19). The third kappa shape index (κ3) is 1.56. The minimum Gasteiger partial charge on any atom is -0.505 e. The molecule has 0 atom stereocenters. The van der Waals surface area contributed by atoms with Gasteiger partial charge in [-0.3, -0.25) is 4.79 Å². The maximum atomic E-state index is 12.6. The van der Waals surface area contributed by atoms with Gasteiger partial charge in [-0.1, -0.05) is 0 Å². The minimum absolute atomic E-state index is 0.0135. The number of benzene rings is 2. The molecule has 2 aromatic carbocycles. The van der Waals surface area contributed by atoms with Crippen molar-refractivity contribution in [3.63, 3.8) is 0 Å². The lowest BCUT2D eigenvalue weighted by molar-refractivity contribution is 0.103. The van der Waals surface area contributed by atoms with Crippen LogP contribution in [-0.4, -0.2) is 46.8 Å². The zero-order valence-corrected chi connectivity index (χ0v) is 10.9. The first-order valence-corrected chi connectivity index (χ1v) is 6.26. The first-order chi connectivity index (χ1) is 10.7. The summed E-state index contributed by atoms with van der Waals surface area (Å²) in [6.45, 7) is 0. The summed E-state index contributed by atoms with van der Waals surface area (Å²) in [7, 11) is 0. The lowest BCUT2D eigenvalue weighted by Crippen LogP contribution is -2.02. The van der Waals surface area contributed by atoms with Gasteiger partial charge < -0.3 is 10.2 Å². The second-order valence-corrected chi connectivity index (χ2v) is 4.64. The van der Waals surface area contributed by atoms with Gasteiger partial charge in [0.15, 0.2) is 22.5 Å². The Morgan fingerprint density at radius 3 is 1.68 bits per heavy atom. The summed E-state index contributed by atoms with van der Waals surface area (Å²) >= 11 is 0. The Balaban J connectivity index is 1.91. The van der Waals surface area contributed by atoms with Gasteiger partial charge in [0, 0.05) is 0 Å². The van der Waals surface area contributed by atoms with Crippen molar-refractivity contribution >= 4 is 27.9 Å². The third-order valence-corrected chi connectivity index (χ3v) is 3.41. The highest BCUT2D eigenvalue weighted by molar-refractivity contribution is 6.15. The Hall–Kier alpha value is -3.49. The van der Waals surface area contributed by atoms with Gasteiger partial charge in [-0.15, -0.1) is 0 Å². The van der Waals surface area contributed by atoms with Crippen LogP contribution in [0.25, 0.3) is 22.1 Å². The van der Waals surface area contributed by atoms with Crippen molar-refractivity contribution in [3.05, 3.63) is 35.4 Å². The summed E-state index contributed by atoms with van der Waals surface area (Å²) in [6, 6.07) is 5.96. The molecule has 4 aromatic rings. The van der Waals surface area contributed by atoms with E-state index in [1.54, 1.807) is 12.1 Å². The topological polar surface area (TPSA) is 141 Å². The van der Waals surface area contributed by atoms with E-state index < -0.39 is 5.78 Å². The number of carbonyl (C=O) groups is 1. The maximum Gasteiger partial charge on any atom is 0.200 e. The molecule has 0 saturated carbocycles. The highest BCUT2D eigenvalue weighted by Gasteiger charge is 2.22. The van der Waals surface area contributed by atoms with Crippen LogP contribution in [0.1, 0.15) is 15.9 Å². The second-order valence-electron chi connectivity index (χ2n) is 4.64. The van der Waals surface area contributed by atoms with E-state index >= 15 is 0 Å². The summed E-state index contributed by atoms with van der Waals surface area (Å²) in [5, 5.41) is 40.3. The number of phenols is 2. The predicted octanol–water partition coefficient (Wildman–Crippen LogP) is 0.871. The molecular weight excluding hydrogens is 288 g/mol. The fourth-order valence-electron chi connectivity index (χ4n) is 2.31. The molecule has 0 fully saturated rings. The average Bonchev–Trinajstić information content (AvgIpc) is 3.16. The van der Waals surface area contributed by atoms with Crippen molar-refractivity contribution < 1.29 is 15.0 Å². The number of fused-ring (bicyclic) bond motifs is 2. The number of aromatic hydroxyl groups is 2. The SMILES string of the molecule is O=C(c1ccc2n[nH]nc2c1O)c1ccc2n[nH]nc2c1O. The Labute approximate surface area is 121 Å². The van der Waals surface area contributed by atoms with E-state index in [9.17, 15) is 15.0 Å². The summed E-state index contributed by atoms with van der Waals surface area (Å²) in [5.74, 6) is -1.14. The summed E-state index contributed by atoms with van der Waals surface area (Å²) in [6.07, 6.45) is 0. The number of hydrogen-bond acceptors (Lipinski definition) is 7. The van der Waals surface area contributed by atoms with Gasteiger partial charge in [-0.2, -0.15) is 30.8 Å². The molecule has 2 heterocycles. The molecule has 0 spiro atoms. The molecule has 22 heavy (non-hydrogen) atoms. The molecule has 0 aliphatic carbocycles. The number of nitrogens with zero attached hydrogens (tertiary/aromatic N) is 4. The number of phenolic OH excluding ortho intramolecular Hbond substituents is 2. The first kappa shape index (κ1) is 12.3. The van der Waals surface area contributed by atoms with Crippen LogP contribution in [0.5, 0.6) is 11.5 Å². The molecule has 4 N–H and O–H groups in total. The number of hydrogen-bond donors (Lipinski definition) is 4. The summed E-state index contributed by atoms with van der Waals surface area (Å²) < 4.78 is 0. The molecule has 108 valence electrons. The average molecular weight is 296 g/mol. The van der Waals surface area contributed by atoms with Gasteiger partial charge in [-0.05, 0) is 24.3 Å². The van der Waals surface area contributed by atoms with Crippen LogP contribution in [0, 0.1) is 0 Å². The molecule has 0 unspecified atom stereocenters. The quantitative estimate of drug-likeness (QED) is 0.402. The van der Waals surface area contributed by atoms with Gasteiger partial charge >= 0.3 is 0 Å². The largest absolute Gasteiger partial charge is 0.505 e. The van der Waals surface area contributed by atoms with Crippen molar-refractivity contribution in [2.45, 2.75) is 0 Å². The normalized spacial score (nSPS) is 11.3. The molecule has 9 heteroatoms. The molecule has 0 amide bonds. The summed E-state index contributed by atoms with van der Waals surface area (Å²) in [5.41, 5.74) is 1.27. The molecule has 4 rings (SSSR count). The predicted molar refractivity (Wildman–Crippen MR) is 74.5 cm³/mol. The van der Waals surface area contributed by atoms with Crippen molar-refractivity contribution in [2.75, 3.05) is 0 Å². The lowest BCUT2D eigenvalue weighted by atomic mass is 10.0. The Kier molecular flexibility index (Phi) is 2.37. The molecule has 0 aliphatic heterocycles. The van der Waals surface area contributed by atoms with Crippen LogP contribution in [0.3, 0.4) is 0 Å². The van der Waals surface area contributed by atoms with Crippen LogP contribution in [-0.2, 0) is 0 Å². The zero-order chi connectivity index (χ0) is 15.3. The number of aromatic amines is 2. The number of aromatic nitrogens is 6. The van der Waals surface area contributed by atoms with E-state index in [0.717, 1.165) is 0 Å². The number of nitrogens with one attached hydrogen (secondary N) is 2. The lowest BCUT2D eigenvalue weighted by Gasteiger charge is -2.06. The van der Waals surface area contributed by atoms with Gasteiger partial charge in [-0.25, -0.2) is 0 Å². The van der Waals surface area contributed by atoms with E-state index in [0.29, 0.717) is 11.0 Å². The van der Waals surface area contributed by atoms with Crippen molar-refractivity contribution in [3.8, 4) is 11.5 Å². The fraction of sp³-hybridized carbons (Fsp3) is 0. The third-order valence-electron chi connectivity index (χ3n) is 3.41. The van der Waals surface area contributed by atoms with Crippen LogP contribution < -0.4 is 0 Å². The maximum absolute atomic E-state index is 12.6. The Bertz CT molecular complexity index is 953. The molecule has 2 aromatic heterocycles. The van der Waals surface area contributed by atoms with Gasteiger partial charge in [0.1, 0.15) is 11.0 Å². The highest BCUT2D eigenvalue weighted by atomic mass is 16.3. The van der Waals surface area contributed by atoms with Crippen LogP contribution >= 0.6 is 0 Å². The number of rotatable bonds is 2. The Morgan fingerprint density at radius 2 is 1.23 bits per heavy atom. The van der Waals surface area contributed by atoms with Gasteiger partial charge in [0.05, 0.1) is 11.1 Å². The fourth-order valence-corrected chi connectivity index (χ4v) is 2.31. The van der Waals surface area contributed by atoms with Crippen LogP contribution in [0.4, 0.5) is 0 Å².